The Bertz CT molecular complexity index is 3800. The Hall–Kier alpha value is -10.2. The normalized spacial score (nSPS) is 11.5. The number of nitrogens with zero attached hydrogens (tertiary/aromatic N) is 12. The van der Waals surface area contributed by atoms with Gasteiger partial charge in [0, 0.05) is 104 Å². The molecule has 0 bridgehead atoms. The summed E-state index contributed by atoms with van der Waals surface area (Å²) in [5.74, 6) is -6.75. The lowest BCUT2D eigenvalue weighted by Crippen LogP contribution is -2.19. The fourth-order valence-corrected chi connectivity index (χ4v) is 10.3. The van der Waals surface area contributed by atoms with E-state index in [9.17, 15) is 0 Å². The maximum Gasteiger partial charge on any atom is 0.143 e. The van der Waals surface area contributed by atoms with Gasteiger partial charge >= 0.3 is 0 Å². The summed E-state index contributed by atoms with van der Waals surface area (Å²) in [6.45, 7) is 6.82. The predicted molar refractivity (Wildman–Crippen MR) is 290 cm³/mol. The molecule has 12 rings (SSSR count). The van der Waals surface area contributed by atoms with Crippen LogP contribution in [0.1, 0.15) is 22.3 Å². The average molecular weight is 1080 g/mol. The second-order valence-corrected chi connectivity index (χ2v) is 18.9. The summed E-state index contributed by atoms with van der Waals surface area (Å²) in [7, 11) is 0. The van der Waals surface area contributed by atoms with E-state index in [0.717, 1.165) is 72.8 Å². The largest absolute Gasteiger partial charge is 0.294 e. The highest BCUT2D eigenvalue weighted by molar-refractivity contribution is 6.33. The zero-order chi connectivity index (χ0) is 55.7. The molecule has 12 nitrogen and oxygen atoms in total. The summed E-state index contributed by atoms with van der Waals surface area (Å²) in [5.41, 5.74) is 2.53. The Morgan fingerprint density at radius 3 is 0.662 bits per heavy atom. The van der Waals surface area contributed by atoms with Gasteiger partial charge in [-0.05, 0) is 88.4 Å². The SMILES string of the molecule is Cc1cncnc1N(c1cc(F)cc(F)c1)c1cc(N(c2cc(F)cc(F)c2)c2ncncc2C)c2ccc3c(N(c4cc(F)cc(F)c4)c4ncncc4C)cc(N(c4cc(F)cc(F)c4)c4ncncc4C)c4ccc1c2c43. The molecule has 0 amide bonds. The smallest absolute Gasteiger partial charge is 0.143 e. The van der Waals surface area contributed by atoms with Gasteiger partial charge in [0.25, 0.3) is 0 Å². The number of halogens is 8. The molecule has 0 saturated carbocycles. The summed E-state index contributed by atoms with van der Waals surface area (Å²) >= 11 is 0. The fraction of sp³-hybridized carbons (Fsp3) is 0.0667. The van der Waals surface area contributed by atoms with Gasteiger partial charge in [0.15, 0.2) is 0 Å². The first kappa shape index (κ1) is 50.6. The van der Waals surface area contributed by atoms with Crippen LogP contribution in [0.4, 0.5) is 104 Å². The lowest BCUT2D eigenvalue weighted by atomic mass is 9.89. The summed E-state index contributed by atoms with van der Waals surface area (Å²) in [4.78, 5) is 41.6. The molecular weight excluding hydrogens is 1040 g/mol. The molecule has 0 N–H and O–H groups in total. The highest BCUT2D eigenvalue weighted by Crippen LogP contribution is 2.55. The maximum atomic E-state index is 15.8. The van der Waals surface area contributed by atoms with E-state index >= 15 is 35.1 Å². The summed E-state index contributed by atoms with van der Waals surface area (Å²) in [6, 6.07) is 22.2. The van der Waals surface area contributed by atoms with Gasteiger partial charge in [0.1, 0.15) is 95.1 Å². The van der Waals surface area contributed by atoms with Crippen LogP contribution in [-0.2, 0) is 0 Å². The number of hydrogen-bond acceptors (Lipinski definition) is 12. The molecule has 0 aliphatic rings. The van der Waals surface area contributed by atoms with Crippen molar-refractivity contribution < 1.29 is 35.1 Å². The highest BCUT2D eigenvalue weighted by Gasteiger charge is 2.32. The van der Waals surface area contributed by atoms with Gasteiger partial charge in [-0.15, -0.1) is 0 Å². The molecule has 0 radical (unpaired) electrons. The van der Waals surface area contributed by atoms with E-state index < -0.39 is 46.5 Å². The van der Waals surface area contributed by atoms with Crippen molar-refractivity contribution in [2.45, 2.75) is 27.7 Å². The summed E-state index contributed by atoms with van der Waals surface area (Å²) in [6.07, 6.45) is 11.1. The molecule has 8 aromatic carbocycles. The predicted octanol–water partition coefficient (Wildman–Crippen LogP) is 16.0. The molecule has 0 aliphatic carbocycles. The summed E-state index contributed by atoms with van der Waals surface area (Å²) < 4.78 is 126. The van der Waals surface area contributed by atoms with Crippen molar-refractivity contribution in [1.82, 2.24) is 39.9 Å². The Kier molecular flexibility index (Phi) is 12.6. The molecule has 0 spiro atoms. The van der Waals surface area contributed by atoms with Gasteiger partial charge < -0.3 is 0 Å². The van der Waals surface area contributed by atoms with Gasteiger partial charge in [-0.3, -0.25) is 19.6 Å². The number of aromatic nitrogens is 8. The second kappa shape index (κ2) is 20.0. The molecule has 0 atom stereocenters. The van der Waals surface area contributed by atoms with Gasteiger partial charge in [-0.1, -0.05) is 24.3 Å². The zero-order valence-electron chi connectivity index (χ0n) is 42.4. The molecule has 4 aromatic heterocycles. The third-order valence-corrected chi connectivity index (χ3v) is 13.5. The van der Waals surface area contributed by atoms with Crippen LogP contribution in [0.2, 0.25) is 0 Å². The van der Waals surface area contributed by atoms with E-state index in [1.54, 1.807) is 64.1 Å². The lowest BCUT2D eigenvalue weighted by molar-refractivity contribution is 0.583. The number of benzene rings is 8. The van der Waals surface area contributed by atoms with Crippen molar-refractivity contribution in [2.75, 3.05) is 19.6 Å². The minimum absolute atomic E-state index is 0.0367. The number of anilines is 12. The Morgan fingerprint density at radius 2 is 0.475 bits per heavy atom. The monoisotopic (exact) mass is 1080 g/mol. The van der Waals surface area contributed by atoms with Crippen LogP contribution in [0.3, 0.4) is 0 Å². The van der Waals surface area contributed by atoms with Crippen molar-refractivity contribution in [3.63, 3.8) is 0 Å². The zero-order valence-corrected chi connectivity index (χ0v) is 42.4. The van der Waals surface area contributed by atoms with E-state index in [4.69, 9.17) is 0 Å². The molecule has 394 valence electrons. The summed E-state index contributed by atoms with van der Waals surface area (Å²) in [5, 5.41) is 2.32. The van der Waals surface area contributed by atoms with E-state index in [-0.39, 0.29) is 68.8 Å². The molecule has 0 unspecified atom stereocenters. The van der Waals surface area contributed by atoms with Crippen molar-refractivity contribution in [2.24, 2.45) is 0 Å². The number of aryl methyl sites for hydroxylation is 4. The molecule has 0 aliphatic heterocycles. The topological polar surface area (TPSA) is 116 Å². The van der Waals surface area contributed by atoms with E-state index in [2.05, 4.69) is 39.9 Å². The number of rotatable bonds is 12. The molecule has 12 aromatic rings. The Labute approximate surface area is 449 Å². The third kappa shape index (κ3) is 8.94. The first-order valence-electron chi connectivity index (χ1n) is 24.5. The van der Waals surface area contributed by atoms with Crippen LogP contribution in [0.15, 0.2) is 159 Å². The molecule has 0 fully saturated rings. The Balaban J connectivity index is 1.34. The van der Waals surface area contributed by atoms with Gasteiger partial charge in [-0.25, -0.2) is 75.0 Å². The van der Waals surface area contributed by atoms with Gasteiger partial charge in [0.2, 0.25) is 0 Å². The number of hydrogen-bond donors (Lipinski definition) is 0. The van der Waals surface area contributed by atoms with Crippen LogP contribution >= 0.6 is 0 Å². The maximum absolute atomic E-state index is 15.8. The van der Waals surface area contributed by atoms with Crippen LogP contribution in [-0.4, -0.2) is 39.9 Å². The second-order valence-electron chi connectivity index (χ2n) is 18.9. The highest BCUT2D eigenvalue weighted by atomic mass is 19.2. The van der Waals surface area contributed by atoms with Crippen molar-refractivity contribution in [3.05, 3.63) is 228 Å². The van der Waals surface area contributed by atoms with E-state index in [1.807, 2.05) is 0 Å². The first-order chi connectivity index (χ1) is 38.6. The van der Waals surface area contributed by atoms with Crippen molar-refractivity contribution >= 4 is 101 Å². The van der Waals surface area contributed by atoms with Crippen molar-refractivity contribution in [3.8, 4) is 0 Å². The molecule has 20 heteroatoms. The standard InChI is InChI=1S/C60H38F8N12/c1-31-23-69-27-73-57(31)77(43-13-35(61)9-36(62)14-43)51-21-52(78(58-32(2)24-70-28-74-58)44-15-37(63)10-38(64)16-44)48-7-8-50-54(80(60-34(4)26-72-30-76-60)46-19-41(67)12-42(68)20-46)22-53(49-6-5-47(51)55(48)56(49)50)79(59-33(3)25-71-29-75-59)45-17-39(65)11-40(66)18-45/h5-30H,1-4H3. The Morgan fingerprint density at radius 1 is 0.275 bits per heavy atom. The van der Waals surface area contributed by atoms with Crippen LogP contribution in [0.5, 0.6) is 0 Å². The minimum atomic E-state index is -0.930. The molecule has 0 saturated heterocycles. The fourth-order valence-electron chi connectivity index (χ4n) is 10.3. The van der Waals surface area contributed by atoms with Gasteiger partial charge in [0.05, 0.1) is 45.5 Å². The third-order valence-electron chi connectivity index (χ3n) is 13.5. The minimum Gasteiger partial charge on any atom is -0.294 e. The van der Waals surface area contributed by atoms with Crippen LogP contribution in [0, 0.1) is 74.2 Å². The first-order valence-corrected chi connectivity index (χ1v) is 24.5. The van der Waals surface area contributed by atoms with Crippen molar-refractivity contribution in [1.29, 1.82) is 0 Å². The van der Waals surface area contributed by atoms with E-state index in [0.29, 0.717) is 54.6 Å². The van der Waals surface area contributed by atoms with Crippen LogP contribution in [0.25, 0.3) is 32.3 Å². The average Bonchev–Trinajstić information content (AvgIpc) is 3.56. The van der Waals surface area contributed by atoms with Crippen LogP contribution < -0.4 is 19.6 Å². The molecular formula is C60H38F8N12. The quantitative estimate of drug-likeness (QED) is 0.0857. The molecule has 4 heterocycles. The van der Waals surface area contributed by atoms with Gasteiger partial charge in [-0.2, -0.15) is 0 Å². The lowest BCUT2D eigenvalue weighted by Gasteiger charge is -2.34. The van der Waals surface area contributed by atoms with E-state index in [1.165, 1.54) is 69.7 Å². The molecule has 80 heavy (non-hydrogen) atoms.